The lowest BCUT2D eigenvalue weighted by Crippen LogP contribution is -2.57. The summed E-state index contributed by atoms with van der Waals surface area (Å²) in [4.78, 5) is 53.5. The van der Waals surface area contributed by atoms with Gasteiger partial charge in [0.2, 0.25) is 17.7 Å². The highest BCUT2D eigenvalue weighted by Crippen LogP contribution is 2.29. The van der Waals surface area contributed by atoms with E-state index in [1.807, 2.05) is 49.4 Å². The molecular formula is C40H60N4O7. The standard InChI is InChI=1S/C40H60N4O7/c1-7-14-32(42-38(48)34(44-39(49)51-40(3,4)5)25-29-19-21-31(50-6)22-20-29)37(47)43-33(24-28-15-10-8-11-16-28)35(45)23-27(2)36(46)41-26-30-17-12-9-13-18-30/h9,12-13,17-22,27-28,32-35,45H,7-8,10-11,14-16,23-26H2,1-6H3,(H,41,46)(H,42,48)(H,43,47)(H,44,49)/t27-,32+,33+,34+,35+/m1/s1. The smallest absolute Gasteiger partial charge is 0.408 e. The minimum atomic E-state index is -1.03. The van der Waals surface area contributed by atoms with Gasteiger partial charge in [0, 0.05) is 18.9 Å². The predicted molar refractivity (Wildman–Crippen MR) is 198 cm³/mol. The number of hydrogen-bond acceptors (Lipinski definition) is 7. The number of hydrogen-bond donors (Lipinski definition) is 5. The molecule has 5 atom stereocenters. The summed E-state index contributed by atoms with van der Waals surface area (Å²) in [5.41, 5.74) is 0.989. The summed E-state index contributed by atoms with van der Waals surface area (Å²) in [6, 6.07) is 14.3. The highest BCUT2D eigenvalue weighted by atomic mass is 16.6. The molecule has 0 spiro atoms. The molecule has 1 saturated carbocycles. The Balaban J connectivity index is 1.73. The number of carbonyl (C=O) groups excluding carboxylic acids is 4. The maximum absolute atomic E-state index is 13.9. The number of aliphatic hydroxyl groups excluding tert-OH is 1. The summed E-state index contributed by atoms with van der Waals surface area (Å²) in [6.45, 7) is 9.31. The third kappa shape index (κ3) is 14.9. The molecule has 11 nitrogen and oxygen atoms in total. The zero-order valence-corrected chi connectivity index (χ0v) is 31.3. The van der Waals surface area contributed by atoms with Crippen molar-refractivity contribution in [2.75, 3.05) is 7.11 Å². The van der Waals surface area contributed by atoms with E-state index in [1.54, 1.807) is 46.9 Å². The van der Waals surface area contributed by atoms with E-state index in [-0.39, 0.29) is 18.7 Å². The summed E-state index contributed by atoms with van der Waals surface area (Å²) < 4.78 is 10.7. The van der Waals surface area contributed by atoms with Gasteiger partial charge >= 0.3 is 6.09 Å². The number of alkyl carbamates (subject to hydrolysis) is 1. The van der Waals surface area contributed by atoms with E-state index in [4.69, 9.17) is 9.47 Å². The van der Waals surface area contributed by atoms with Gasteiger partial charge in [-0.3, -0.25) is 14.4 Å². The van der Waals surface area contributed by atoms with E-state index in [0.29, 0.717) is 37.5 Å². The Labute approximate surface area is 304 Å². The molecular weight excluding hydrogens is 648 g/mol. The van der Waals surface area contributed by atoms with Crippen molar-refractivity contribution < 1.29 is 33.8 Å². The van der Waals surface area contributed by atoms with Crippen LogP contribution in [0.4, 0.5) is 4.79 Å². The van der Waals surface area contributed by atoms with Crippen molar-refractivity contribution in [3.05, 3.63) is 65.7 Å². The SMILES string of the molecule is CCC[C@H](NC(=O)[C@H](Cc1ccc(OC)cc1)NC(=O)OC(C)(C)C)C(=O)N[C@@H](CC1CCCCC1)[C@@H](O)C[C@@H](C)C(=O)NCc1ccccc1. The topological polar surface area (TPSA) is 155 Å². The molecule has 0 heterocycles. The first kappa shape index (κ1) is 41.3. The van der Waals surface area contributed by atoms with Crippen LogP contribution in [-0.2, 0) is 32.1 Å². The third-order valence-electron chi connectivity index (χ3n) is 9.27. The van der Waals surface area contributed by atoms with E-state index >= 15 is 0 Å². The van der Waals surface area contributed by atoms with Crippen molar-refractivity contribution in [2.24, 2.45) is 11.8 Å². The Hall–Kier alpha value is -4.12. The number of aliphatic hydroxyl groups is 1. The molecule has 0 unspecified atom stereocenters. The summed E-state index contributed by atoms with van der Waals surface area (Å²) in [5, 5.41) is 23.1. The van der Waals surface area contributed by atoms with E-state index in [9.17, 15) is 24.3 Å². The molecule has 2 aromatic carbocycles. The van der Waals surface area contributed by atoms with Crippen molar-refractivity contribution in [3.63, 3.8) is 0 Å². The third-order valence-corrected chi connectivity index (χ3v) is 9.27. The maximum atomic E-state index is 13.9. The average Bonchev–Trinajstić information content (AvgIpc) is 3.10. The Bertz CT molecular complexity index is 1370. The molecule has 1 fully saturated rings. The average molecular weight is 709 g/mol. The zero-order valence-electron chi connectivity index (χ0n) is 31.3. The molecule has 282 valence electrons. The quantitative estimate of drug-likeness (QED) is 0.136. The number of nitrogens with one attached hydrogen (secondary N) is 4. The van der Waals surface area contributed by atoms with Crippen molar-refractivity contribution in [3.8, 4) is 5.75 Å². The molecule has 0 aliphatic heterocycles. The summed E-state index contributed by atoms with van der Waals surface area (Å²) >= 11 is 0. The van der Waals surface area contributed by atoms with Gasteiger partial charge in [0.25, 0.3) is 0 Å². The van der Waals surface area contributed by atoms with Gasteiger partial charge in [-0.15, -0.1) is 0 Å². The number of amides is 4. The van der Waals surface area contributed by atoms with Crippen LogP contribution in [-0.4, -0.2) is 65.9 Å². The highest BCUT2D eigenvalue weighted by molar-refractivity contribution is 5.91. The Kier molecular flexibility index (Phi) is 16.7. The summed E-state index contributed by atoms with van der Waals surface area (Å²) in [6.07, 6.45) is 5.58. The van der Waals surface area contributed by atoms with Gasteiger partial charge in [-0.25, -0.2) is 4.79 Å². The first-order valence-corrected chi connectivity index (χ1v) is 18.5. The maximum Gasteiger partial charge on any atom is 0.408 e. The molecule has 11 heteroatoms. The van der Waals surface area contributed by atoms with Gasteiger partial charge in [0.1, 0.15) is 23.4 Å². The van der Waals surface area contributed by atoms with Crippen molar-refractivity contribution in [1.82, 2.24) is 21.3 Å². The van der Waals surface area contributed by atoms with Crippen LogP contribution in [0, 0.1) is 11.8 Å². The molecule has 0 saturated heterocycles. The van der Waals surface area contributed by atoms with Crippen molar-refractivity contribution >= 4 is 23.8 Å². The van der Waals surface area contributed by atoms with Crippen LogP contribution in [0.25, 0.3) is 0 Å². The number of ether oxygens (including phenoxy) is 2. The van der Waals surface area contributed by atoms with Crippen LogP contribution >= 0.6 is 0 Å². The largest absolute Gasteiger partial charge is 0.497 e. The highest BCUT2D eigenvalue weighted by Gasteiger charge is 2.33. The van der Waals surface area contributed by atoms with Crippen LogP contribution in [0.15, 0.2) is 54.6 Å². The molecule has 2 aromatic rings. The van der Waals surface area contributed by atoms with Crippen LogP contribution < -0.4 is 26.0 Å². The second kappa shape index (κ2) is 20.7. The van der Waals surface area contributed by atoms with Gasteiger partial charge < -0.3 is 35.8 Å². The van der Waals surface area contributed by atoms with E-state index in [1.165, 1.54) is 6.42 Å². The lowest BCUT2D eigenvalue weighted by atomic mass is 9.82. The monoisotopic (exact) mass is 708 g/mol. The predicted octanol–water partition coefficient (Wildman–Crippen LogP) is 5.57. The summed E-state index contributed by atoms with van der Waals surface area (Å²) in [7, 11) is 1.57. The van der Waals surface area contributed by atoms with E-state index in [2.05, 4.69) is 21.3 Å². The molecule has 51 heavy (non-hydrogen) atoms. The van der Waals surface area contributed by atoms with Crippen LogP contribution in [0.3, 0.4) is 0 Å². The number of carbonyl (C=O) groups is 4. The van der Waals surface area contributed by atoms with E-state index < -0.39 is 53.7 Å². The lowest BCUT2D eigenvalue weighted by Gasteiger charge is -2.32. The second-order valence-corrected chi connectivity index (χ2v) is 14.9. The van der Waals surface area contributed by atoms with Crippen LogP contribution in [0.2, 0.25) is 0 Å². The van der Waals surface area contributed by atoms with Gasteiger partial charge in [-0.2, -0.15) is 0 Å². The molecule has 0 aromatic heterocycles. The fraction of sp³-hybridized carbons (Fsp3) is 0.600. The molecule has 1 aliphatic rings. The van der Waals surface area contributed by atoms with Gasteiger partial charge in [-0.1, -0.05) is 94.8 Å². The normalized spacial score (nSPS) is 16.5. The summed E-state index contributed by atoms with van der Waals surface area (Å²) in [5.74, 6) is -0.598. The van der Waals surface area contributed by atoms with Gasteiger partial charge in [0.15, 0.2) is 0 Å². The van der Waals surface area contributed by atoms with Crippen LogP contribution in [0.5, 0.6) is 5.75 Å². The molecule has 5 N–H and O–H groups in total. The fourth-order valence-electron chi connectivity index (χ4n) is 6.46. The first-order chi connectivity index (χ1) is 24.3. The zero-order chi connectivity index (χ0) is 37.4. The van der Waals surface area contributed by atoms with Gasteiger partial charge in [-0.05, 0) is 69.2 Å². The molecule has 4 amide bonds. The Morgan fingerprint density at radius 2 is 1.49 bits per heavy atom. The Morgan fingerprint density at radius 1 is 0.843 bits per heavy atom. The molecule has 1 aliphatic carbocycles. The molecule has 0 radical (unpaired) electrons. The minimum Gasteiger partial charge on any atom is -0.497 e. The van der Waals surface area contributed by atoms with Crippen molar-refractivity contribution in [1.29, 1.82) is 0 Å². The minimum absolute atomic E-state index is 0.156. The second-order valence-electron chi connectivity index (χ2n) is 14.9. The van der Waals surface area contributed by atoms with E-state index in [0.717, 1.165) is 36.8 Å². The molecule has 0 bridgehead atoms. The Morgan fingerprint density at radius 3 is 2.10 bits per heavy atom. The van der Waals surface area contributed by atoms with Crippen molar-refractivity contribution in [2.45, 2.75) is 135 Å². The van der Waals surface area contributed by atoms with Gasteiger partial charge in [0.05, 0.1) is 19.3 Å². The van der Waals surface area contributed by atoms with Crippen LogP contribution in [0.1, 0.15) is 104 Å². The number of benzene rings is 2. The first-order valence-electron chi connectivity index (χ1n) is 18.5. The number of methoxy groups -OCH3 is 1. The lowest BCUT2D eigenvalue weighted by molar-refractivity contribution is -0.131. The molecule has 3 rings (SSSR count). The number of rotatable bonds is 18. The fourth-order valence-corrected chi connectivity index (χ4v) is 6.46.